The Labute approximate surface area is 90.1 Å². The van der Waals surface area contributed by atoms with E-state index in [0.717, 1.165) is 37.2 Å². The van der Waals surface area contributed by atoms with Crippen molar-refractivity contribution in [3.8, 4) is 11.5 Å². The van der Waals surface area contributed by atoms with Crippen molar-refractivity contribution in [3.05, 3.63) is 23.8 Å². The van der Waals surface area contributed by atoms with Crippen LogP contribution in [0.5, 0.6) is 11.5 Å². The van der Waals surface area contributed by atoms with Crippen LogP contribution < -0.4 is 10.1 Å². The van der Waals surface area contributed by atoms with Crippen LogP contribution in [0.4, 0.5) is 0 Å². The molecule has 0 spiro atoms. The molecule has 2 rings (SSSR count). The number of hydrogen-bond donors (Lipinski definition) is 2. The molecular formula is C12H17NO2. The van der Waals surface area contributed by atoms with Gasteiger partial charge >= 0.3 is 0 Å². The van der Waals surface area contributed by atoms with Gasteiger partial charge in [0, 0.05) is 18.0 Å². The summed E-state index contributed by atoms with van der Waals surface area (Å²) in [6.45, 7) is 2.00. The second-order valence-electron chi connectivity index (χ2n) is 3.94. The van der Waals surface area contributed by atoms with Crippen molar-refractivity contribution >= 4 is 0 Å². The highest BCUT2D eigenvalue weighted by atomic mass is 16.5. The molecule has 3 heteroatoms. The fourth-order valence-corrected chi connectivity index (χ4v) is 2.22. The predicted molar refractivity (Wildman–Crippen MR) is 59.5 cm³/mol. The maximum atomic E-state index is 9.87. The van der Waals surface area contributed by atoms with Gasteiger partial charge < -0.3 is 15.2 Å². The van der Waals surface area contributed by atoms with E-state index < -0.39 is 0 Å². The minimum Gasteiger partial charge on any atom is -0.508 e. The third-order valence-corrected chi connectivity index (χ3v) is 2.97. The quantitative estimate of drug-likeness (QED) is 0.778. The molecule has 0 aromatic heterocycles. The number of phenols is 1. The predicted octanol–water partition coefficient (Wildman–Crippen LogP) is 1.87. The second kappa shape index (κ2) is 4.53. The third kappa shape index (κ3) is 2.07. The number of nitrogens with one attached hydrogen (secondary N) is 1. The van der Waals surface area contributed by atoms with Gasteiger partial charge in [0.15, 0.2) is 0 Å². The second-order valence-corrected chi connectivity index (χ2v) is 3.94. The lowest BCUT2D eigenvalue weighted by Crippen LogP contribution is -2.28. The first-order valence-electron chi connectivity index (χ1n) is 5.39. The maximum absolute atomic E-state index is 9.87. The van der Waals surface area contributed by atoms with Crippen molar-refractivity contribution < 1.29 is 9.84 Å². The maximum Gasteiger partial charge on any atom is 0.126 e. The minimum atomic E-state index is 0.350. The van der Waals surface area contributed by atoms with E-state index in [2.05, 4.69) is 5.32 Å². The lowest BCUT2D eigenvalue weighted by molar-refractivity contribution is 0.377. The van der Waals surface area contributed by atoms with Gasteiger partial charge in [-0.1, -0.05) is 6.07 Å². The number of hydrogen-bond acceptors (Lipinski definition) is 3. The van der Waals surface area contributed by atoms with Crippen molar-refractivity contribution in [2.45, 2.75) is 18.8 Å². The minimum absolute atomic E-state index is 0.350. The summed E-state index contributed by atoms with van der Waals surface area (Å²) in [5.41, 5.74) is 0.951. The van der Waals surface area contributed by atoms with E-state index in [4.69, 9.17) is 4.74 Å². The molecule has 1 aromatic carbocycles. The molecule has 2 N–H and O–H groups in total. The van der Waals surface area contributed by atoms with Crippen LogP contribution in [-0.2, 0) is 0 Å². The average molecular weight is 207 g/mol. The van der Waals surface area contributed by atoms with Crippen LogP contribution in [0.25, 0.3) is 0 Å². The van der Waals surface area contributed by atoms with Crippen molar-refractivity contribution in [1.82, 2.24) is 5.32 Å². The zero-order valence-corrected chi connectivity index (χ0v) is 8.99. The van der Waals surface area contributed by atoms with E-state index >= 15 is 0 Å². The summed E-state index contributed by atoms with van der Waals surface area (Å²) in [4.78, 5) is 0. The van der Waals surface area contributed by atoms with E-state index in [9.17, 15) is 5.11 Å². The highest BCUT2D eigenvalue weighted by molar-refractivity contribution is 5.46. The first-order chi connectivity index (χ1) is 7.33. The molecule has 1 aromatic rings. The van der Waals surface area contributed by atoms with Gasteiger partial charge in [0.05, 0.1) is 7.11 Å². The highest BCUT2D eigenvalue weighted by Gasteiger charge is 2.21. The Balaban J connectivity index is 2.31. The molecule has 0 aliphatic carbocycles. The Bertz CT molecular complexity index is 332. The molecule has 1 unspecified atom stereocenters. The van der Waals surface area contributed by atoms with Gasteiger partial charge in [0.2, 0.25) is 0 Å². The number of methoxy groups -OCH3 is 1. The SMILES string of the molecule is COc1cccc(O)c1C1CCCNC1. The van der Waals surface area contributed by atoms with Crippen molar-refractivity contribution in [2.75, 3.05) is 20.2 Å². The van der Waals surface area contributed by atoms with Crippen LogP contribution in [0.1, 0.15) is 24.3 Å². The highest BCUT2D eigenvalue weighted by Crippen LogP contribution is 2.37. The Morgan fingerprint density at radius 2 is 2.33 bits per heavy atom. The molecule has 1 fully saturated rings. The number of aromatic hydroxyl groups is 1. The summed E-state index contributed by atoms with van der Waals surface area (Å²) < 4.78 is 5.29. The normalized spacial score (nSPS) is 21.3. The lowest BCUT2D eigenvalue weighted by Gasteiger charge is -2.25. The number of piperidine rings is 1. The summed E-state index contributed by atoms with van der Waals surface area (Å²) in [6, 6.07) is 5.45. The molecule has 1 aliphatic rings. The zero-order valence-electron chi connectivity index (χ0n) is 8.99. The zero-order chi connectivity index (χ0) is 10.7. The smallest absolute Gasteiger partial charge is 0.126 e. The average Bonchev–Trinajstić information content (AvgIpc) is 2.29. The third-order valence-electron chi connectivity index (χ3n) is 2.97. The van der Waals surface area contributed by atoms with E-state index in [1.54, 1.807) is 13.2 Å². The number of ether oxygens (including phenoxy) is 1. The van der Waals surface area contributed by atoms with Gasteiger partial charge in [-0.05, 0) is 31.5 Å². The molecule has 0 radical (unpaired) electrons. The van der Waals surface area contributed by atoms with E-state index in [0.29, 0.717) is 11.7 Å². The van der Waals surface area contributed by atoms with E-state index in [1.807, 2.05) is 12.1 Å². The molecule has 1 saturated heterocycles. The van der Waals surface area contributed by atoms with E-state index in [1.165, 1.54) is 0 Å². The van der Waals surface area contributed by atoms with Crippen molar-refractivity contribution in [1.29, 1.82) is 0 Å². The van der Waals surface area contributed by atoms with Crippen LogP contribution in [0.15, 0.2) is 18.2 Å². The molecule has 0 amide bonds. The standard InChI is InChI=1S/C12H17NO2/c1-15-11-6-2-5-10(14)12(11)9-4-3-7-13-8-9/h2,5-6,9,13-14H,3-4,7-8H2,1H3. The number of benzene rings is 1. The summed E-state index contributed by atoms with van der Waals surface area (Å²) in [5.74, 6) is 1.52. The summed E-state index contributed by atoms with van der Waals surface area (Å²) >= 11 is 0. The van der Waals surface area contributed by atoms with Crippen LogP contribution in [0, 0.1) is 0 Å². The number of rotatable bonds is 2. The molecule has 0 saturated carbocycles. The first-order valence-corrected chi connectivity index (χ1v) is 5.39. The molecule has 0 bridgehead atoms. The Morgan fingerprint density at radius 3 is 3.00 bits per heavy atom. The Kier molecular flexibility index (Phi) is 3.11. The van der Waals surface area contributed by atoms with Crippen LogP contribution in [-0.4, -0.2) is 25.3 Å². The van der Waals surface area contributed by atoms with Gasteiger partial charge in [-0.3, -0.25) is 0 Å². The molecule has 3 nitrogen and oxygen atoms in total. The molecule has 15 heavy (non-hydrogen) atoms. The molecule has 1 aliphatic heterocycles. The largest absolute Gasteiger partial charge is 0.508 e. The topological polar surface area (TPSA) is 41.5 Å². The van der Waals surface area contributed by atoms with Gasteiger partial charge in [-0.25, -0.2) is 0 Å². The molecule has 1 atom stereocenters. The van der Waals surface area contributed by atoms with Gasteiger partial charge in [-0.2, -0.15) is 0 Å². The summed E-state index contributed by atoms with van der Waals surface area (Å²) in [7, 11) is 1.65. The molecular weight excluding hydrogens is 190 g/mol. The van der Waals surface area contributed by atoms with Crippen LogP contribution in [0.3, 0.4) is 0 Å². The fourth-order valence-electron chi connectivity index (χ4n) is 2.22. The van der Waals surface area contributed by atoms with Crippen molar-refractivity contribution in [2.24, 2.45) is 0 Å². The van der Waals surface area contributed by atoms with Crippen molar-refractivity contribution in [3.63, 3.8) is 0 Å². The fraction of sp³-hybridized carbons (Fsp3) is 0.500. The van der Waals surface area contributed by atoms with Crippen LogP contribution >= 0.6 is 0 Å². The van der Waals surface area contributed by atoms with Crippen LogP contribution in [0.2, 0.25) is 0 Å². The summed E-state index contributed by atoms with van der Waals surface area (Å²) in [6.07, 6.45) is 2.27. The number of phenolic OH excluding ortho intramolecular Hbond substituents is 1. The first kappa shape index (κ1) is 10.3. The van der Waals surface area contributed by atoms with Gasteiger partial charge in [0.1, 0.15) is 11.5 Å². The summed E-state index contributed by atoms with van der Waals surface area (Å²) in [5, 5.41) is 13.2. The van der Waals surface area contributed by atoms with Gasteiger partial charge in [0.25, 0.3) is 0 Å². The molecule has 82 valence electrons. The van der Waals surface area contributed by atoms with Gasteiger partial charge in [-0.15, -0.1) is 0 Å². The van der Waals surface area contributed by atoms with E-state index in [-0.39, 0.29) is 0 Å². The Morgan fingerprint density at radius 1 is 1.47 bits per heavy atom. The monoisotopic (exact) mass is 207 g/mol. The molecule has 1 heterocycles. The lowest BCUT2D eigenvalue weighted by atomic mass is 9.90. The Hall–Kier alpha value is -1.22.